The van der Waals surface area contributed by atoms with Crippen LogP contribution in [0.25, 0.3) is 28.1 Å². The average molecular weight is 330 g/mol. The lowest BCUT2D eigenvalue weighted by Gasteiger charge is -2.12. The standard InChI is InChI=1S/C20H18N4O/c1-2-4-18-17(3-1)22-19(23-18)14-5-7-16(8-6-14)24-11-10-21-20(24)15-9-12-25-13-15/h1-8,10-11,15H,9,12-13H2,(H,22,23). The van der Waals surface area contributed by atoms with Crippen molar-refractivity contribution in [1.82, 2.24) is 19.5 Å². The maximum absolute atomic E-state index is 5.51. The van der Waals surface area contributed by atoms with E-state index in [1.54, 1.807) is 0 Å². The van der Waals surface area contributed by atoms with Gasteiger partial charge in [-0.25, -0.2) is 9.97 Å². The second-order valence-corrected chi connectivity index (χ2v) is 6.37. The SMILES string of the molecule is c1ccc2[nH]c(-c3ccc(-n4ccnc4C4CCOC4)cc3)nc2c1. The van der Waals surface area contributed by atoms with E-state index in [2.05, 4.69) is 43.8 Å². The number of fused-ring (bicyclic) bond motifs is 1. The van der Waals surface area contributed by atoms with Crippen molar-refractivity contribution in [1.29, 1.82) is 0 Å². The Morgan fingerprint density at radius 2 is 1.96 bits per heavy atom. The van der Waals surface area contributed by atoms with Gasteiger partial charge in [-0.05, 0) is 42.8 Å². The van der Waals surface area contributed by atoms with Crippen molar-refractivity contribution in [2.45, 2.75) is 12.3 Å². The minimum absolute atomic E-state index is 0.380. The zero-order chi connectivity index (χ0) is 16.6. The van der Waals surface area contributed by atoms with Gasteiger partial charge in [0.1, 0.15) is 11.6 Å². The maximum Gasteiger partial charge on any atom is 0.138 e. The fraction of sp³-hybridized carbons (Fsp3) is 0.200. The molecule has 5 heteroatoms. The third kappa shape index (κ3) is 2.53. The molecular formula is C20H18N4O. The smallest absolute Gasteiger partial charge is 0.138 e. The average Bonchev–Trinajstić information content (AvgIpc) is 3.40. The van der Waals surface area contributed by atoms with Crippen LogP contribution >= 0.6 is 0 Å². The number of aromatic amines is 1. The summed E-state index contributed by atoms with van der Waals surface area (Å²) in [4.78, 5) is 12.6. The first-order valence-corrected chi connectivity index (χ1v) is 8.55. The Morgan fingerprint density at radius 1 is 1.08 bits per heavy atom. The van der Waals surface area contributed by atoms with Crippen LogP contribution in [0.2, 0.25) is 0 Å². The molecule has 3 heterocycles. The van der Waals surface area contributed by atoms with Gasteiger partial charge < -0.3 is 14.3 Å². The minimum atomic E-state index is 0.380. The van der Waals surface area contributed by atoms with Crippen LogP contribution in [0.1, 0.15) is 18.2 Å². The summed E-state index contributed by atoms with van der Waals surface area (Å²) in [5.41, 5.74) is 4.23. The molecule has 5 rings (SSSR count). The fourth-order valence-corrected chi connectivity index (χ4v) is 3.44. The molecule has 25 heavy (non-hydrogen) atoms. The molecule has 0 saturated carbocycles. The van der Waals surface area contributed by atoms with Crippen LogP contribution in [0.3, 0.4) is 0 Å². The van der Waals surface area contributed by atoms with E-state index >= 15 is 0 Å². The molecule has 5 nitrogen and oxygen atoms in total. The molecule has 0 amide bonds. The topological polar surface area (TPSA) is 55.7 Å². The van der Waals surface area contributed by atoms with Crippen molar-refractivity contribution in [2.75, 3.05) is 13.2 Å². The Morgan fingerprint density at radius 3 is 2.76 bits per heavy atom. The maximum atomic E-state index is 5.51. The van der Waals surface area contributed by atoms with Gasteiger partial charge >= 0.3 is 0 Å². The van der Waals surface area contributed by atoms with Gasteiger partial charge in [0.05, 0.1) is 17.6 Å². The molecule has 124 valence electrons. The molecule has 1 saturated heterocycles. The van der Waals surface area contributed by atoms with Crippen LogP contribution in [-0.4, -0.2) is 32.7 Å². The number of H-pyrrole nitrogens is 1. The van der Waals surface area contributed by atoms with E-state index in [9.17, 15) is 0 Å². The molecule has 2 aromatic heterocycles. The largest absolute Gasteiger partial charge is 0.381 e. The van der Waals surface area contributed by atoms with E-state index in [1.807, 2.05) is 36.7 Å². The zero-order valence-corrected chi connectivity index (χ0v) is 13.7. The van der Waals surface area contributed by atoms with Crippen LogP contribution in [-0.2, 0) is 4.74 Å². The van der Waals surface area contributed by atoms with Crippen molar-refractivity contribution in [3.8, 4) is 17.1 Å². The van der Waals surface area contributed by atoms with Crippen LogP contribution < -0.4 is 0 Å². The quantitative estimate of drug-likeness (QED) is 0.619. The molecule has 0 bridgehead atoms. The summed E-state index contributed by atoms with van der Waals surface area (Å²) in [7, 11) is 0. The highest BCUT2D eigenvalue weighted by Gasteiger charge is 2.22. The number of hydrogen-bond acceptors (Lipinski definition) is 3. The number of para-hydroxylation sites is 2. The van der Waals surface area contributed by atoms with Crippen molar-refractivity contribution in [2.24, 2.45) is 0 Å². The summed E-state index contributed by atoms with van der Waals surface area (Å²) in [6.07, 6.45) is 4.92. The van der Waals surface area contributed by atoms with E-state index in [0.29, 0.717) is 5.92 Å². The van der Waals surface area contributed by atoms with Crippen molar-refractivity contribution < 1.29 is 4.74 Å². The summed E-state index contributed by atoms with van der Waals surface area (Å²) in [5, 5.41) is 0. The number of hydrogen-bond donors (Lipinski definition) is 1. The van der Waals surface area contributed by atoms with Gasteiger partial charge in [0.25, 0.3) is 0 Å². The first kappa shape index (κ1) is 14.4. The third-order valence-corrected chi connectivity index (χ3v) is 4.77. The van der Waals surface area contributed by atoms with E-state index in [4.69, 9.17) is 4.74 Å². The molecule has 0 spiro atoms. The second-order valence-electron chi connectivity index (χ2n) is 6.37. The molecule has 0 radical (unpaired) electrons. The van der Waals surface area contributed by atoms with Gasteiger partial charge in [-0.3, -0.25) is 0 Å². The molecule has 1 fully saturated rings. The lowest BCUT2D eigenvalue weighted by Crippen LogP contribution is -2.07. The fourth-order valence-electron chi connectivity index (χ4n) is 3.44. The van der Waals surface area contributed by atoms with Gasteiger partial charge in [0, 0.05) is 36.2 Å². The lowest BCUT2D eigenvalue weighted by atomic mass is 10.1. The molecule has 0 aliphatic carbocycles. The van der Waals surface area contributed by atoms with E-state index in [-0.39, 0.29) is 0 Å². The predicted molar refractivity (Wildman–Crippen MR) is 96.8 cm³/mol. The molecule has 1 aliphatic rings. The molecule has 1 N–H and O–H groups in total. The van der Waals surface area contributed by atoms with Gasteiger partial charge in [0.15, 0.2) is 0 Å². The Balaban J connectivity index is 1.48. The highest BCUT2D eigenvalue weighted by Crippen LogP contribution is 2.27. The normalized spacial score (nSPS) is 17.4. The molecule has 1 unspecified atom stereocenters. The molecule has 4 aromatic rings. The predicted octanol–water partition coefficient (Wildman–Crippen LogP) is 3.92. The number of benzene rings is 2. The number of rotatable bonds is 3. The Bertz CT molecular complexity index is 977. The van der Waals surface area contributed by atoms with E-state index in [0.717, 1.165) is 53.6 Å². The van der Waals surface area contributed by atoms with Crippen molar-refractivity contribution in [3.63, 3.8) is 0 Å². The monoisotopic (exact) mass is 330 g/mol. The van der Waals surface area contributed by atoms with Gasteiger partial charge in [-0.2, -0.15) is 0 Å². The number of aromatic nitrogens is 4. The lowest BCUT2D eigenvalue weighted by molar-refractivity contribution is 0.193. The molecule has 1 atom stereocenters. The van der Waals surface area contributed by atoms with Crippen molar-refractivity contribution >= 4 is 11.0 Å². The molecule has 2 aromatic carbocycles. The van der Waals surface area contributed by atoms with Crippen LogP contribution in [0, 0.1) is 0 Å². The van der Waals surface area contributed by atoms with E-state index < -0.39 is 0 Å². The molecular weight excluding hydrogens is 312 g/mol. The van der Waals surface area contributed by atoms with Crippen LogP contribution in [0.4, 0.5) is 0 Å². The first-order valence-electron chi connectivity index (χ1n) is 8.55. The number of nitrogens with one attached hydrogen (secondary N) is 1. The van der Waals surface area contributed by atoms with Crippen LogP contribution in [0.15, 0.2) is 60.9 Å². The number of ether oxygens (including phenoxy) is 1. The Kier molecular flexibility index (Phi) is 3.38. The van der Waals surface area contributed by atoms with Crippen LogP contribution in [0.5, 0.6) is 0 Å². The second kappa shape index (κ2) is 5.86. The van der Waals surface area contributed by atoms with Gasteiger partial charge in [-0.1, -0.05) is 12.1 Å². The summed E-state index contributed by atoms with van der Waals surface area (Å²) < 4.78 is 7.67. The highest BCUT2D eigenvalue weighted by atomic mass is 16.5. The van der Waals surface area contributed by atoms with Crippen molar-refractivity contribution in [3.05, 3.63) is 66.7 Å². The Hall–Kier alpha value is -2.92. The Labute approximate surface area is 145 Å². The highest BCUT2D eigenvalue weighted by molar-refractivity contribution is 5.79. The van der Waals surface area contributed by atoms with E-state index in [1.165, 1.54) is 0 Å². The summed E-state index contributed by atoms with van der Waals surface area (Å²) in [5.74, 6) is 2.35. The minimum Gasteiger partial charge on any atom is -0.381 e. The zero-order valence-electron chi connectivity index (χ0n) is 13.7. The summed E-state index contributed by atoms with van der Waals surface area (Å²) in [6, 6.07) is 16.5. The summed E-state index contributed by atoms with van der Waals surface area (Å²) in [6.45, 7) is 1.58. The van der Waals surface area contributed by atoms with Gasteiger partial charge in [0.2, 0.25) is 0 Å². The third-order valence-electron chi connectivity index (χ3n) is 4.77. The number of imidazole rings is 2. The summed E-state index contributed by atoms with van der Waals surface area (Å²) >= 11 is 0. The molecule has 1 aliphatic heterocycles. The first-order chi connectivity index (χ1) is 12.4. The number of nitrogens with zero attached hydrogens (tertiary/aromatic N) is 3. The van der Waals surface area contributed by atoms with Gasteiger partial charge in [-0.15, -0.1) is 0 Å².